The van der Waals surface area contributed by atoms with Crippen molar-refractivity contribution in [2.75, 3.05) is 25.5 Å². The van der Waals surface area contributed by atoms with Crippen LogP contribution >= 0.6 is 0 Å². The topological polar surface area (TPSA) is 80.8 Å². The van der Waals surface area contributed by atoms with Gasteiger partial charge in [0.1, 0.15) is 0 Å². The monoisotopic (exact) mass is 459 g/mol. The van der Waals surface area contributed by atoms with Crippen molar-refractivity contribution in [2.24, 2.45) is 0 Å². The number of hydrogen-bond donors (Lipinski definition) is 1. The van der Waals surface area contributed by atoms with Crippen molar-refractivity contribution in [1.82, 2.24) is 9.88 Å². The molecular formula is C27H29N3O4. The summed E-state index contributed by atoms with van der Waals surface area (Å²) in [6.45, 7) is 4.63. The number of piperidine rings is 1. The van der Waals surface area contributed by atoms with Crippen LogP contribution in [0.5, 0.6) is 17.4 Å². The first-order valence-corrected chi connectivity index (χ1v) is 11.3. The second kappa shape index (κ2) is 9.95. The van der Waals surface area contributed by atoms with E-state index in [1.165, 1.54) is 0 Å². The van der Waals surface area contributed by atoms with E-state index < -0.39 is 5.41 Å². The number of amides is 2. The lowest BCUT2D eigenvalue weighted by atomic mass is 9.72. The summed E-state index contributed by atoms with van der Waals surface area (Å²) in [6.07, 6.45) is 2.70. The normalized spacial score (nSPS) is 14.9. The third-order valence-electron chi connectivity index (χ3n) is 6.35. The second-order valence-corrected chi connectivity index (χ2v) is 8.55. The van der Waals surface area contributed by atoms with E-state index in [4.69, 9.17) is 9.47 Å². The first-order chi connectivity index (χ1) is 16.4. The minimum absolute atomic E-state index is 0.0343. The zero-order valence-corrected chi connectivity index (χ0v) is 19.7. The van der Waals surface area contributed by atoms with Crippen LogP contribution in [0.25, 0.3) is 0 Å². The maximum absolute atomic E-state index is 13.6. The molecule has 2 heterocycles. The van der Waals surface area contributed by atoms with Crippen LogP contribution in [0.15, 0.2) is 66.9 Å². The molecule has 0 spiro atoms. The SMILES string of the molecule is COc1cc(C)ccc1Oc1ccc(NC(=O)C2(c3ccccc3)CCN(C(C)=O)CC2)cn1. The molecule has 2 aromatic carbocycles. The van der Waals surface area contributed by atoms with E-state index in [1.54, 1.807) is 37.3 Å². The number of carbonyl (C=O) groups is 2. The first-order valence-electron chi connectivity index (χ1n) is 11.3. The molecule has 0 unspecified atom stereocenters. The molecule has 1 saturated heterocycles. The summed E-state index contributed by atoms with van der Waals surface area (Å²) in [6, 6.07) is 18.9. The average molecular weight is 460 g/mol. The Balaban J connectivity index is 1.51. The Bertz CT molecular complexity index is 1150. The predicted octanol–water partition coefficient (Wildman–Crippen LogP) is 4.71. The van der Waals surface area contributed by atoms with Crippen molar-refractivity contribution in [3.05, 3.63) is 78.0 Å². The van der Waals surface area contributed by atoms with Gasteiger partial charge in [0.05, 0.1) is 24.4 Å². The zero-order chi connectivity index (χ0) is 24.1. The fraction of sp³-hybridized carbons (Fsp3) is 0.296. The van der Waals surface area contributed by atoms with Crippen molar-refractivity contribution >= 4 is 17.5 Å². The van der Waals surface area contributed by atoms with Gasteiger partial charge in [-0.2, -0.15) is 0 Å². The maximum atomic E-state index is 13.6. The number of rotatable bonds is 6. The molecule has 1 N–H and O–H groups in total. The molecule has 7 nitrogen and oxygen atoms in total. The van der Waals surface area contributed by atoms with E-state index in [2.05, 4.69) is 10.3 Å². The fourth-order valence-corrected chi connectivity index (χ4v) is 4.34. The van der Waals surface area contributed by atoms with Gasteiger partial charge in [0.2, 0.25) is 17.7 Å². The number of methoxy groups -OCH3 is 1. The summed E-state index contributed by atoms with van der Waals surface area (Å²) in [5.41, 5.74) is 1.89. The molecule has 3 aromatic rings. The van der Waals surface area contributed by atoms with Gasteiger partial charge in [0.15, 0.2) is 11.5 Å². The summed E-state index contributed by atoms with van der Waals surface area (Å²) < 4.78 is 11.3. The molecule has 1 fully saturated rings. The highest BCUT2D eigenvalue weighted by atomic mass is 16.5. The van der Waals surface area contributed by atoms with Gasteiger partial charge in [0, 0.05) is 26.1 Å². The molecule has 0 atom stereocenters. The number of ether oxygens (including phenoxy) is 2. The van der Waals surface area contributed by atoms with Crippen molar-refractivity contribution in [2.45, 2.75) is 32.1 Å². The number of aromatic nitrogens is 1. The van der Waals surface area contributed by atoms with Crippen LogP contribution in [0.1, 0.15) is 30.9 Å². The lowest BCUT2D eigenvalue weighted by molar-refractivity contribution is -0.133. The highest BCUT2D eigenvalue weighted by molar-refractivity contribution is 5.99. The Kier molecular flexibility index (Phi) is 6.82. The Labute approximate surface area is 199 Å². The van der Waals surface area contributed by atoms with Gasteiger partial charge >= 0.3 is 0 Å². The summed E-state index contributed by atoms with van der Waals surface area (Å²) in [4.78, 5) is 31.5. The number of nitrogens with zero attached hydrogens (tertiary/aromatic N) is 2. The number of carbonyl (C=O) groups excluding carboxylic acids is 2. The molecule has 0 aliphatic carbocycles. The minimum Gasteiger partial charge on any atom is -0.493 e. The van der Waals surface area contributed by atoms with E-state index in [9.17, 15) is 9.59 Å². The van der Waals surface area contributed by atoms with Crippen LogP contribution in [-0.2, 0) is 15.0 Å². The summed E-state index contributed by atoms with van der Waals surface area (Å²) in [7, 11) is 1.59. The number of anilines is 1. The smallest absolute Gasteiger partial charge is 0.235 e. The number of likely N-dealkylation sites (tertiary alicyclic amines) is 1. The van der Waals surface area contributed by atoms with E-state index >= 15 is 0 Å². The molecular weight excluding hydrogens is 430 g/mol. The van der Waals surface area contributed by atoms with Crippen molar-refractivity contribution < 1.29 is 19.1 Å². The molecule has 0 bridgehead atoms. The molecule has 176 valence electrons. The Hall–Kier alpha value is -3.87. The third-order valence-corrected chi connectivity index (χ3v) is 6.35. The summed E-state index contributed by atoms with van der Waals surface area (Å²) in [5, 5.41) is 3.03. The summed E-state index contributed by atoms with van der Waals surface area (Å²) >= 11 is 0. The van der Waals surface area contributed by atoms with Gasteiger partial charge in [-0.05, 0) is 49.1 Å². The number of hydrogen-bond acceptors (Lipinski definition) is 5. The molecule has 0 saturated carbocycles. The first kappa shape index (κ1) is 23.3. The number of aryl methyl sites for hydroxylation is 1. The van der Waals surface area contributed by atoms with Gasteiger partial charge in [-0.25, -0.2) is 4.98 Å². The lowest BCUT2D eigenvalue weighted by Crippen LogP contribution is -2.50. The third kappa shape index (κ3) is 4.88. The van der Waals surface area contributed by atoms with Gasteiger partial charge in [-0.3, -0.25) is 9.59 Å². The van der Waals surface area contributed by atoms with E-state index in [-0.39, 0.29) is 11.8 Å². The van der Waals surface area contributed by atoms with Crippen molar-refractivity contribution in [3.8, 4) is 17.4 Å². The number of nitrogens with one attached hydrogen (secondary N) is 1. The van der Waals surface area contributed by atoms with Gasteiger partial charge < -0.3 is 19.7 Å². The van der Waals surface area contributed by atoms with Gasteiger partial charge in [-0.1, -0.05) is 36.4 Å². The van der Waals surface area contributed by atoms with E-state index in [0.717, 1.165) is 11.1 Å². The second-order valence-electron chi connectivity index (χ2n) is 8.55. The quantitative estimate of drug-likeness (QED) is 0.577. The van der Waals surface area contributed by atoms with Crippen LogP contribution < -0.4 is 14.8 Å². The molecule has 1 aliphatic rings. The van der Waals surface area contributed by atoms with Crippen LogP contribution in [0, 0.1) is 6.92 Å². The lowest BCUT2D eigenvalue weighted by Gasteiger charge is -2.40. The number of benzene rings is 2. The Morgan fingerprint density at radius 3 is 2.35 bits per heavy atom. The molecule has 1 aliphatic heterocycles. The Morgan fingerprint density at radius 2 is 1.74 bits per heavy atom. The van der Waals surface area contributed by atoms with Crippen LogP contribution in [0.4, 0.5) is 5.69 Å². The van der Waals surface area contributed by atoms with E-state index in [1.807, 2.05) is 55.5 Å². The largest absolute Gasteiger partial charge is 0.493 e. The molecule has 4 rings (SSSR count). The van der Waals surface area contributed by atoms with Gasteiger partial charge in [-0.15, -0.1) is 0 Å². The van der Waals surface area contributed by atoms with Crippen LogP contribution in [0.3, 0.4) is 0 Å². The minimum atomic E-state index is -0.711. The highest BCUT2D eigenvalue weighted by Gasteiger charge is 2.43. The maximum Gasteiger partial charge on any atom is 0.235 e. The summed E-state index contributed by atoms with van der Waals surface area (Å²) in [5.74, 6) is 1.52. The zero-order valence-electron chi connectivity index (χ0n) is 19.7. The number of pyridine rings is 1. The van der Waals surface area contributed by atoms with Crippen molar-refractivity contribution in [3.63, 3.8) is 0 Å². The van der Waals surface area contributed by atoms with Crippen LogP contribution in [0.2, 0.25) is 0 Å². The predicted molar refractivity (Wildman–Crippen MR) is 130 cm³/mol. The highest BCUT2D eigenvalue weighted by Crippen LogP contribution is 2.37. The van der Waals surface area contributed by atoms with Crippen LogP contribution in [-0.4, -0.2) is 41.9 Å². The Morgan fingerprint density at radius 1 is 1.00 bits per heavy atom. The van der Waals surface area contributed by atoms with E-state index in [0.29, 0.717) is 49.0 Å². The molecule has 2 amide bonds. The molecule has 34 heavy (non-hydrogen) atoms. The molecule has 0 radical (unpaired) electrons. The standard InChI is InChI=1S/C27H29N3O4/c1-19-9-11-23(24(17-19)33-3)34-25-12-10-22(18-28-25)29-26(32)27(21-7-5-4-6-8-21)13-15-30(16-14-27)20(2)31/h4-12,17-18H,13-16H2,1-3H3,(H,29,32). The van der Waals surface area contributed by atoms with Gasteiger partial charge in [0.25, 0.3) is 0 Å². The average Bonchev–Trinajstić information content (AvgIpc) is 2.86. The molecule has 7 heteroatoms. The van der Waals surface area contributed by atoms with Crippen molar-refractivity contribution in [1.29, 1.82) is 0 Å². The fourth-order valence-electron chi connectivity index (χ4n) is 4.34. The molecule has 1 aromatic heterocycles.